The minimum absolute atomic E-state index is 0.0608. The van der Waals surface area contributed by atoms with Crippen molar-refractivity contribution in [3.63, 3.8) is 0 Å². The van der Waals surface area contributed by atoms with Crippen LogP contribution in [0, 0.1) is 12.7 Å². The number of carbonyl (C=O) groups is 1. The standard InChI is InChI=1S/C18H17FO4/c1-12-4-5-14(13-6-8-15(19)9-7-13)10-16(12)23-17(11-21-2)18(20)22-3/h4-11H,1-3H3/b17-11-. The maximum atomic E-state index is 13.0. The van der Waals surface area contributed by atoms with E-state index in [4.69, 9.17) is 9.47 Å². The van der Waals surface area contributed by atoms with Crippen LogP contribution >= 0.6 is 0 Å². The highest BCUT2D eigenvalue weighted by Crippen LogP contribution is 2.28. The van der Waals surface area contributed by atoms with Crippen LogP contribution in [-0.4, -0.2) is 20.2 Å². The van der Waals surface area contributed by atoms with Gasteiger partial charge >= 0.3 is 5.97 Å². The van der Waals surface area contributed by atoms with Crippen molar-refractivity contribution >= 4 is 5.97 Å². The lowest BCUT2D eigenvalue weighted by Crippen LogP contribution is -2.11. The molecule has 120 valence electrons. The van der Waals surface area contributed by atoms with Crippen molar-refractivity contribution in [1.82, 2.24) is 0 Å². The SMILES string of the molecule is CO/C=C(\Oc1cc(-c2ccc(F)cc2)ccc1C)C(=O)OC. The molecule has 0 aliphatic carbocycles. The zero-order valence-electron chi connectivity index (χ0n) is 13.1. The van der Waals surface area contributed by atoms with Crippen LogP contribution in [0.15, 0.2) is 54.5 Å². The first-order chi connectivity index (χ1) is 11.0. The molecule has 5 heteroatoms. The van der Waals surface area contributed by atoms with Gasteiger partial charge in [-0.2, -0.15) is 0 Å². The molecule has 4 nitrogen and oxygen atoms in total. The number of hydrogen-bond donors (Lipinski definition) is 0. The molecule has 0 amide bonds. The van der Waals surface area contributed by atoms with Gasteiger partial charge in [0.05, 0.1) is 14.2 Å². The fourth-order valence-electron chi connectivity index (χ4n) is 1.97. The summed E-state index contributed by atoms with van der Waals surface area (Å²) in [5, 5.41) is 0. The van der Waals surface area contributed by atoms with Crippen LogP contribution in [0.3, 0.4) is 0 Å². The molecule has 2 rings (SSSR count). The van der Waals surface area contributed by atoms with E-state index >= 15 is 0 Å². The molecule has 0 spiro atoms. The fraction of sp³-hybridized carbons (Fsp3) is 0.167. The summed E-state index contributed by atoms with van der Waals surface area (Å²) in [5.41, 5.74) is 2.51. The van der Waals surface area contributed by atoms with Gasteiger partial charge in [-0.05, 0) is 41.8 Å². The van der Waals surface area contributed by atoms with Crippen LogP contribution in [0.1, 0.15) is 5.56 Å². The second kappa shape index (κ2) is 7.45. The Bertz CT molecular complexity index is 720. The summed E-state index contributed by atoms with van der Waals surface area (Å²) >= 11 is 0. The Labute approximate surface area is 134 Å². The lowest BCUT2D eigenvalue weighted by molar-refractivity contribution is -0.138. The Morgan fingerprint density at radius 1 is 1.04 bits per heavy atom. The van der Waals surface area contributed by atoms with Crippen molar-refractivity contribution in [2.24, 2.45) is 0 Å². The quantitative estimate of drug-likeness (QED) is 0.477. The van der Waals surface area contributed by atoms with Gasteiger partial charge in [0.15, 0.2) is 0 Å². The number of ether oxygens (including phenoxy) is 3. The van der Waals surface area contributed by atoms with E-state index in [1.807, 2.05) is 19.1 Å². The molecular formula is C18H17FO4. The highest BCUT2D eigenvalue weighted by molar-refractivity contribution is 5.86. The maximum absolute atomic E-state index is 13.0. The van der Waals surface area contributed by atoms with Crippen LogP contribution in [-0.2, 0) is 14.3 Å². The first kappa shape index (κ1) is 16.5. The highest BCUT2D eigenvalue weighted by atomic mass is 19.1. The van der Waals surface area contributed by atoms with Crippen LogP contribution in [0.25, 0.3) is 11.1 Å². The van der Waals surface area contributed by atoms with E-state index in [0.29, 0.717) is 5.75 Å². The summed E-state index contributed by atoms with van der Waals surface area (Å²) < 4.78 is 28.1. The van der Waals surface area contributed by atoms with Crippen molar-refractivity contribution in [2.75, 3.05) is 14.2 Å². The monoisotopic (exact) mass is 316 g/mol. The summed E-state index contributed by atoms with van der Waals surface area (Å²) in [7, 11) is 2.67. The number of benzene rings is 2. The number of aryl methyl sites for hydroxylation is 1. The van der Waals surface area contributed by atoms with Crippen LogP contribution in [0.2, 0.25) is 0 Å². The zero-order valence-corrected chi connectivity index (χ0v) is 13.1. The molecule has 0 atom stereocenters. The Balaban J connectivity index is 2.35. The lowest BCUT2D eigenvalue weighted by Gasteiger charge is -2.12. The molecule has 2 aromatic carbocycles. The largest absolute Gasteiger partial charge is 0.500 e. The molecule has 2 aromatic rings. The van der Waals surface area contributed by atoms with Gasteiger partial charge in [-0.3, -0.25) is 0 Å². The second-order valence-corrected chi connectivity index (χ2v) is 4.80. The number of carbonyl (C=O) groups excluding carboxylic acids is 1. The van der Waals surface area contributed by atoms with E-state index in [2.05, 4.69) is 4.74 Å². The third-order valence-corrected chi connectivity index (χ3v) is 3.20. The summed E-state index contributed by atoms with van der Waals surface area (Å²) in [6.07, 6.45) is 1.18. The molecule has 0 unspecified atom stereocenters. The van der Waals surface area contributed by atoms with Gasteiger partial charge in [-0.15, -0.1) is 0 Å². The van der Waals surface area contributed by atoms with Gasteiger partial charge in [-0.25, -0.2) is 9.18 Å². The molecule has 0 radical (unpaired) electrons. The third-order valence-electron chi connectivity index (χ3n) is 3.20. The maximum Gasteiger partial charge on any atom is 0.377 e. The molecule has 0 N–H and O–H groups in total. The Kier molecular flexibility index (Phi) is 5.36. The minimum Gasteiger partial charge on any atom is -0.500 e. The average molecular weight is 316 g/mol. The highest BCUT2D eigenvalue weighted by Gasteiger charge is 2.15. The van der Waals surface area contributed by atoms with Crippen molar-refractivity contribution in [3.05, 3.63) is 65.9 Å². The van der Waals surface area contributed by atoms with Crippen LogP contribution < -0.4 is 4.74 Å². The number of methoxy groups -OCH3 is 2. The van der Waals surface area contributed by atoms with Crippen molar-refractivity contribution < 1.29 is 23.4 Å². The van der Waals surface area contributed by atoms with Gasteiger partial charge < -0.3 is 14.2 Å². The topological polar surface area (TPSA) is 44.8 Å². The van der Waals surface area contributed by atoms with Crippen molar-refractivity contribution in [2.45, 2.75) is 6.92 Å². The van der Waals surface area contributed by atoms with Gasteiger partial charge in [0.25, 0.3) is 0 Å². The Hall–Kier alpha value is -2.82. The summed E-state index contributed by atoms with van der Waals surface area (Å²) in [5.74, 6) is -0.512. The smallest absolute Gasteiger partial charge is 0.377 e. The normalized spacial score (nSPS) is 11.0. The van der Waals surface area contributed by atoms with E-state index in [-0.39, 0.29) is 11.6 Å². The Morgan fingerprint density at radius 3 is 2.30 bits per heavy atom. The molecular weight excluding hydrogens is 299 g/mol. The first-order valence-electron chi connectivity index (χ1n) is 6.91. The molecule has 0 heterocycles. The van der Waals surface area contributed by atoms with Crippen LogP contribution in [0.5, 0.6) is 5.75 Å². The average Bonchev–Trinajstić information content (AvgIpc) is 2.56. The van der Waals surface area contributed by atoms with E-state index in [1.54, 1.807) is 18.2 Å². The molecule has 0 bridgehead atoms. The molecule has 0 aliphatic heterocycles. The first-order valence-corrected chi connectivity index (χ1v) is 6.91. The number of rotatable bonds is 5. The van der Waals surface area contributed by atoms with E-state index in [0.717, 1.165) is 16.7 Å². The minimum atomic E-state index is -0.640. The summed E-state index contributed by atoms with van der Waals surface area (Å²) in [6, 6.07) is 11.7. The van der Waals surface area contributed by atoms with E-state index in [1.165, 1.54) is 32.6 Å². The Morgan fingerprint density at radius 2 is 1.70 bits per heavy atom. The molecule has 0 fully saturated rings. The molecule has 23 heavy (non-hydrogen) atoms. The predicted molar refractivity (Wildman–Crippen MR) is 84.3 cm³/mol. The zero-order chi connectivity index (χ0) is 16.8. The third kappa shape index (κ3) is 4.10. The molecule has 0 aliphatic rings. The van der Waals surface area contributed by atoms with Crippen molar-refractivity contribution in [3.8, 4) is 16.9 Å². The number of hydrogen-bond acceptors (Lipinski definition) is 4. The summed E-state index contributed by atoms with van der Waals surface area (Å²) in [4.78, 5) is 11.7. The van der Waals surface area contributed by atoms with Crippen LogP contribution in [0.4, 0.5) is 4.39 Å². The summed E-state index contributed by atoms with van der Waals surface area (Å²) in [6.45, 7) is 1.85. The molecule has 0 saturated heterocycles. The van der Waals surface area contributed by atoms with Gasteiger partial charge in [0, 0.05) is 0 Å². The van der Waals surface area contributed by atoms with Gasteiger partial charge in [0.2, 0.25) is 5.76 Å². The number of esters is 1. The number of halogens is 1. The van der Waals surface area contributed by atoms with Crippen molar-refractivity contribution in [1.29, 1.82) is 0 Å². The predicted octanol–water partition coefficient (Wildman–Crippen LogP) is 3.84. The second-order valence-electron chi connectivity index (χ2n) is 4.80. The molecule has 0 aromatic heterocycles. The van der Waals surface area contributed by atoms with E-state index in [9.17, 15) is 9.18 Å². The van der Waals surface area contributed by atoms with Gasteiger partial charge in [0.1, 0.15) is 17.8 Å². The molecule has 0 saturated carbocycles. The van der Waals surface area contributed by atoms with Gasteiger partial charge in [-0.1, -0.05) is 24.3 Å². The van der Waals surface area contributed by atoms with E-state index < -0.39 is 5.97 Å². The fourth-order valence-corrected chi connectivity index (χ4v) is 1.97. The lowest BCUT2D eigenvalue weighted by atomic mass is 10.0.